The van der Waals surface area contributed by atoms with E-state index in [4.69, 9.17) is 5.11 Å². The SMILES string of the molecule is O=C(O)CCCCC(=O)N(Cc1ccccc1)Cc1ccn[nH]1. The Balaban J connectivity index is 1.94. The number of unbranched alkanes of at least 4 members (excludes halogenated alkanes) is 1. The fourth-order valence-electron chi connectivity index (χ4n) is 2.32. The molecule has 6 heteroatoms. The minimum atomic E-state index is -0.823. The van der Waals surface area contributed by atoms with Crippen molar-refractivity contribution in [3.05, 3.63) is 53.9 Å². The Labute approximate surface area is 135 Å². The lowest BCUT2D eigenvalue weighted by molar-refractivity contribution is -0.137. The molecule has 0 saturated carbocycles. The molecule has 0 fully saturated rings. The average Bonchev–Trinajstić information content (AvgIpc) is 3.04. The number of benzene rings is 1. The van der Waals surface area contributed by atoms with Crippen molar-refractivity contribution < 1.29 is 14.7 Å². The minimum Gasteiger partial charge on any atom is -0.481 e. The number of carboxylic acid groups (broad SMARTS) is 1. The molecule has 0 radical (unpaired) electrons. The highest BCUT2D eigenvalue weighted by molar-refractivity contribution is 5.76. The van der Waals surface area contributed by atoms with Crippen LogP contribution in [0.3, 0.4) is 0 Å². The third kappa shape index (κ3) is 5.94. The van der Waals surface area contributed by atoms with Gasteiger partial charge in [-0.05, 0) is 24.5 Å². The molecule has 23 heavy (non-hydrogen) atoms. The predicted octanol–water partition coefficient (Wildman–Crippen LogP) is 2.58. The molecule has 0 aliphatic heterocycles. The number of carbonyl (C=O) groups is 2. The second-order valence-electron chi connectivity index (χ2n) is 5.42. The zero-order valence-electron chi connectivity index (χ0n) is 12.9. The Morgan fingerprint density at radius 2 is 1.78 bits per heavy atom. The first kappa shape index (κ1) is 16.7. The van der Waals surface area contributed by atoms with Gasteiger partial charge in [-0.1, -0.05) is 30.3 Å². The van der Waals surface area contributed by atoms with Crippen molar-refractivity contribution in [3.8, 4) is 0 Å². The van der Waals surface area contributed by atoms with E-state index in [1.807, 2.05) is 36.4 Å². The fraction of sp³-hybridized carbons (Fsp3) is 0.353. The molecule has 0 atom stereocenters. The molecule has 1 heterocycles. The largest absolute Gasteiger partial charge is 0.481 e. The quantitative estimate of drug-likeness (QED) is 0.696. The summed E-state index contributed by atoms with van der Waals surface area (Å²) in [6, 6.07) is 11.6. The number of rotatable bonds is 9. The van der Waals surface area contributed by atoms with Crippen molar-refractivity contribution >= 4 is 11.9 Å². The predicted molar refractivity (Wildman–Crippen MR) is 85.4 cm³/mol. The van der Waals surface area contributed by atoms with Crippen molar-refractivity contribution in [2.45, 2.75) is 38.8 Å². The number of H-pyrrole nitrogens is 1. The number of amides is 1. The number of carboxylic acids is 1. The fourth-order valence-corrected chi connectivity index (χ4v) is 2.32. The molecular weight excluding hydrogens is 294 g/mol. The van der Waals surface area contributed by atoms with Gasteiger partial charge in [0, 0.05) is 25.6 Å². The molecule has 122 valence electrons. The number of aromatic nitrogens is 2. The summed E-state index contributed by atoms with van der Waals surface area (Å²) in [5.41, 5.74) is 1.94. The van der Waals surface area contributed by atoms with E-state index in [1.54, 1.807) is 11.1 Å². The van der Waals surface area contributed by atoms with Crippen molar-refractivity contribution in [1.29, 1.82) is 0 Å². The molecule has 1 aromatic heterocycles. The summed E-state index contributed by atoms with van der Waals surface area (Å²) in [5, 5.41) is 15.4. The van der Waals surface area contributed by atoms with E-state index in [1.165, 1.54) is 0 Å². The van der Waals surface area contributed by atoms with Gasteiger partial charge in [-0.15, -0.1) is 0 Å². The molecule has 2 N–H and O–H groups in total. The standard InChI is InChI=1S/C17H21N3O3/c21-16(8-4-5-9-17(22)23)20(13-15-10-11-18-19-15)12-14-6-2-1-3-7-14/h1-3,6-7,10-11H,4-5,8-9,12-13H2,(H,18,19)(H,22,23). The van der Waals surface area contributed by atoms with Crippen molar-refractivity contribution in [1.82, 2.24) is 15.1 Å². The Kier molecular flexibility index (Phi) is 6.35. The second kappa shape index (κ2) is 8.73. The van der Waals surface area contributed by atoms with E-state index >= 15 is 0 Å². The Bertz CT molecular complexity index is 611. The molecule has 6 nitrogen and oxygen atoms in total. The van der Waals surface area contributed by atoms with Crippen LogP contribution in [0.2, 0.25) is 0 Å². The molecule has 0 bridgehead atoms. The lowest BCUT2D eigenvalue weighted by Crippen LogP contribution is -2.30. The van der Waals surface area contributed by atoms with Gasteiger partial charge in [-0.2, -0.15) is 5.10 Å². The zero-order chi connectivity index (χ0) is 16.5. The van der Waals surface area contributed by atoms with Crippen LogP contribution in [-0.2, 0) is 22.7 Å². The lowest BCUT2D eigenvalue weighted by atomic mass is 10.1. The second-order valence-corrected chi connectivity index (χ2v) is 5.42. The zero-order valence-corrected chi connectivity index (χ0v) is 12.9. The maximum atomic E-state index is 12.5. The van der Waals surface area contributed by atoms with Gasteiger partial charge >= 0.3 is 5.97 Å². The smallest absolute Gasteiger partial charge is 0.303 e. The molecule has 0 aliphatic rings. The number of carbonyl (C=O) groups excluding carboxylic acids is 1. The van der Waals surface area contributed by atoms with Gasteiger partial charge in [0.15, 0.2) is 0 Å². The number of hydrogen-bond acceptors (Lipinski definition) is 3. The maximum Gasteiger partial charge on any atom is 0.303 e. The molecule has 0 spiro atoms. The van der Waals surface area contributed by atoms with Crippen LogP contribution in [0, 0.1) is 0 Å². The molecule has 2 aromatic rings. The highest BCUT2D eigenvalue weighted by Crippen LogP contribution is 2.12. The first-order valence-corrected chi connectivity index (χ1v) is 7.67. The van der Waals surface area contributed by atoms with Crippen LogP contribution in [0.15, 0.2) is 42.6 Å². The normalized spacial score (nSPS) is 10.4. The van der Waals surface area contributed by atoms with E-state index in [-0.39, 0.29) is 12.3 Å². The first-order valence-electron chi connectivity index (χ1n) is 7.67. The Hall–Kier alpha value is -2.63. The summed E-state index contributed by atoms with van der Waals surface area (Å²) in [5.74, 6) is -0.801. The van der Waals surface area contributed by atoms with Crippen molar-refractivity contribution in [2.24, 2.45) is 0 Å². The van der Waals surface area contributed by atoms with E-state index in [9.17, 15) is 9.59 Å². The van der Waals surface area contributed by atoms with Gasteiger partial charge in [-0.3, -0.25) is 14.7 Å². The number of aliphatic carboxylic acids is 1. The summed E-state index contributed by atoms with van der Waals surface area (Å²) in [6.07, 6.45) is 3.22. The summed E-state index contributed by atoms with van der Waals surface area (Å²) >= 11 is 0. The first-order chi connectivity index (χ1) is 11.1. The van der Waals surface area contributed by atoms with Crippen molar-refractivity contribution in [3.63, 3.8) is 0 Å². The third-order valence-electron chi connectivity index (χ3n) is 3.52. The van der Waals surface area contributed by atoms with Crippen molar-refractivity contribution in [2.75, 3.05) is 0 Å². The van der Waals surface area contributed by atoms with Crippen LogP contribution in [0.4, 0.5) is 0 Å². The van der Waals surface area contributed by atoms with Crippen LogP contribution >= 0.6 is 0 Å². The summed E-state index contributed by atoms with van der Waals surface area (Å²) in [6.45, 7) is 0.990. The molecule has 2 rings (SSSR count). The van der Waals surface area contributed by atoms with Crippen LogP contribution in [0.5, 0.6) is 0 Å². The molecule has 0 unspecified atom stereocenters. The summed E-state index contributed by atoms with van der Waals surface area (Å²) in [4.78, 5) is 24.8. The molecule has 0 saturated heterocycles. The van der Waals surface area contributed by atoms with E-state index in [2.05, 4.69) is 10.2 Å². The van der Waals surface area contributed by atoms with Gasteiger partial charge in [0.05, 0.1) is 12.2 Å². The monoisotopic (exact) mass is 315 g/mol. The van der Waals surface area contributed by atoms with Gasteiger partial charge < -0.3 is 10.0 Å². The van der Waals surface area contributed by atoms with Crippen LogP contribution < -0.4 is 0 Å². The number of nitrogens with zero attached hydrogens (tertiary/aromatic N) is 2. The lowest BCUT2D eigenvalue weighted by Gasteiger charge is -2.22. The summed E-state index contributed by atoms with van der Waals surface area (Å²) in [7, 11) is 0. The van der Waals surface area contributed by atoms with Crippen LogP contribution in [-0.4, -0.2) is 32.1 Å². The van der Waals surface area contributed by atoms with Crippen LogP contribution in [0.25, 0.3) is 0 Å². The highest BCUT2D eigenvalue weighted by atomic mass is 16.4. The number of hydrogen-bond donors (Lipinski definition) is 2. The molecule has 1 aromatic carbocycles. The molecule has 1 amide bonds. The Morgan fingerprint density at radius 1 is 1.04 bits per heavy atom. The van der Waals surface area contributed by atoms with Gasteiger partial charge in [0.1, 0.15) is 0 Å². The Morgan fingerprint density at radius 3 is 2.43 bits per heavy atom. The van der Waals surface area contributed by atoms with Crippen LogP contribution in [0.1, 0.15) is 36.9 Å². The topological polar surface area (TPSA) is 86.3 Å². The maximum absolute atomic E-state index is 12.5. The highest BCUT2D eigenvalue weighted by Gasteiger charge is 2.15. The third-order valence-corrected chi connectivity index (χ3v) is 3.52. The van der Waals surface area contributed by atoms with E-state index < -0.39 is 5.97 Å². The minimum absolute atomic E-state index is 0.0221. The molecule has 0 aliphatic carbocycles. The van der Waals surface area contributed by atoms with Gasteiger partial charge in [0.25, 0.3) is 0 Å². The number of aromatic amines is 1. The average molecular weight is 315 g/mol. The van der Waals surface area contributed by atoms with Gasteiger partial charge in [-0.25, -0.2) is 0 Å². The summed E-state index contributed by atoms with van der Waals surface area (Å²) < 4.78 is 0. The van der Waals surface area contributed by atoms with E-state index in [0.717, 1.165) is 11.3 Å². The van der Waals surface area contributed by atoms with Gasteiger partial charge in [0.2, 0.25) is 5.91 Å². The number of nitrogens with one attached hydrogen (secondary N) is 1. The molecular formula is C17H21N3O3. The van der Waals surface area contributed by atoms with E-state index in [0.29, 0.717) is 32.4 Å².